The molecule has 5 rings (SSSR count). The van der Waals surface area contributed by atoms with Crippen molar-refractivity contribution in [2.45, 2.75) is 25.6 Å². The van der Waals surface area contributed by atoms with Gasteiger partial charge in [-0.05, 0) is 30.7 Å². The zero-order chi connectivity index (χ0) is 25.8. The van der Waals surface area contributed by atoms with Gasteiger partial charge in [-0.1, -0.05) is 66.7 Å². The summed E-state index contributed by atoms with van der Waals surface area (Å²) in [4.78, 5) is 42.2. The second kappa shape index (κ2) is 10.7. The number of hydrogen-bond donors (Lipinski definition) is 1. The zero-order valence-corrected chi connectivity index (χ0v) is 20.4. The highest BCUT2D eigenvalue weighted by Crippen LogP contribution is 2.51. The Kier molecular flexibility index (Phi) is 7.07. The maximum Gasteiger partial charge on any atom is 0.330 e. The lowest BCUT2D eigenvalue weighted by Gasteiger charge is -2.34. The Hall–Kier alpha value is -4.33. The number of urea groups is 1. The van der Waals surface area contributed by atoms with E-state index < -0.39 is 41.9 Å². The maximum atomic E-state index is 13.8. The summed E-state index contributed by atoms with van der Waals surface area (Å²) in [6, 6.07) is 23.3. The summed E-state index contributed by atoms with van der Waals surface area (Å²) in [5.41, 5.74) is 2.10. The molecule has 4 atom stereocenters. The first-order chi connectivity index (χ1) is 18.1. The van der Waals surface area contributed by atoms with Crippen molar-refractivity contribution in [2.75, 3.05) is 18.5 Å². The minimum Gasteiger partial charge on any atom is -0.493 e. The SMILES string of the molecule is CCOC(=O)[C@H]1[C@@H]2COc3ccccc3[C@H]2N(C(=O)Nc2ccccc2)[C@H]1C(=O)OCc1ccccc1. The average molecular weight is 501 g/mol. The predicted octanol–water partition coefficient (Wildman–Crippen LogP) is 4.58. The Balaban J connectivity index is 1.54. The van der Waals surface area contributed by atoms with Gasteiger partial charge in [0.2, 0.25) is 0 Å². The molecule has 1 N–H and O–H groups in total. The third-order valence-corrected chi connectivity index (χ3v) is 6.76. The van der Waals surface area contributed by atoms with Gasteiger partial charge in [0.25, 0.3) is 0 Å². The molecule has 2 heterocycles. The highest BCUT2D eigenvalue weighted by Gasteiger charge is 2.60. The Morgan fingerprint density at radius 3 is 2.30 bits per heavy atom. The van der Waals surface area contributed by atoms with Gasteiger partial charge in [0.1, 0.15) is 18.4 Å². The molecule has 3 aromatic rings. The van der Waals surface area contributed by atoms with Gasteiger partial charge in [0.05, 0.1) is 25.2 Å². The number of likely N-dealkylation sites (tertiary alicyclic amines) is 1. The summed E-state index contributed by atoms with van der Waals surface area (Å²) in [5.74, 6) is -2.07. The highest BCUT2D eigenvalue weighted by atomic mass is 16.5. The molecule has 0 spiro atoms. The molecule has 1 fully saturated rings. The highest BCUT2D eigenvalue weighted by molar-refractivity contribution is 5.96. The van der Waals surface area contributed by atoms with Crippen LogP contribution in [0.25, 0.3) is 0 Å². The number of carbonyl (C=O) groups excluding carboxylic acids is 3. The van der Waals surface area contributed by atoms with Crippen molar-refractivity contribution < 1.29 is 28.6 Å². The van der Waals surface area contributed by atoms with Crippen LogP contribution in [-0.2, 0) is 25.7 Å². The van der Waals surface area contributed by atoms with Crippen molar-refractivity contribution in [1.82, 2.24) is 4.90 Å². The lowest BCUT2D eigenvalue weighted by Crippen LogP contribution is -2.48. The number of benzene rings is 3. The lowest BCUT2D eigenvalue weighted by molar-refractivity contribution is -0.160. The number of nitrogens with zero attached hydrogens (tertiary/aromatic N) is 1. The van der Waals surface area contributed by atoms with Gasteiger partial charge in [0.15, 0.2) is 0 Å². The van der Waals surface area contributed by atoms with E-state index in [4.69, 9.17) is 14.2 Å². The van der Waals surface area contributed by atoms with Crippen LogP contribution in [0.5, 0.6) is 5.75 Å². The number of ether oxygens (including phenoxy) is 3. The molecule has 8 nitrogen and oxygen atoms in total. The third-order valence-electron chi connectivity index (χ3n) is 6.76. The van der Waals surface area contributed by atoms with Crippen LogP contribution in [0.1, 0.15) is 24.1 Å². The summed E-state index contributed by atoms with van der Waals surface area (Å²) in [7, 11) is 0. The minimum absolute atomic E-state index is 0.0162. The fourth-order valence-electron chi connectivity index (χ4n) is 5.18. The van der Waals surface area contributed by atoms with E-state index in [0.717, 1.165) is 11.1 Å². The molecular formula is C29H28N2O6. The van der Waals surface area contributed by atoms with Crippen molar-refractivity contribution >= 4 is 23.7 Å². The van der Waals surface area contributed by atoms with Gasteiger partial charge in [-0.25, -0.2) is 9.59 Å². The van der Waals surface area contributed by atoms with E-state index in [1.165, 1.54) is 4.90 Å². The van der Waals surface area contributed by atoms with Crippen molar-refractivity contribution in [3.8, 4) is 5.75 Å². The summed E-state index contributed by atoms with van der Waals surface area (Å²) in [5, 5.41) is 2.88. The summed E-state index contributed by atoms with van der Waals surface area (Å²) >= 11 is 0. The number of fused-ring (bicyclic) bond motifs is 3. The Morgan fingerprint density at radius 1 is 0.892 bits per heavy atom. The number of para-hydroxylation sites is 2. The van der Waals surface area contributed by atoms with Crippen molar-refractivity contribution in [1.29, 1.82) is 0 Å². The average Bonchev–Trinajstić information content (AvgIpc) is 3.29. The van der Waals surface area contributed by atoms with E-state index in [1.807, 2.05) is 60.7 Å². The molecule has 37 heavy (non-hydrogen) atoms. The minimum atomic E-state index is -1.20. The second-order valence-electron chi connectivity index (χ2n) is 8.98. The van der Waals surface area contributed by atoms with E-state index in [9.17, 15) is 14.4 Å². The third kappa shape index (κ3) is 4.87. The van der Waals surface area contributed by atoms with Crippen molar-refractivity contribution in [3.05, 3.63) is 96.1 Å². The molecule has 0 radical (unpaired) electrons. The zero-order valence-electron chi connectivity index (χ0n) is 20.4. The van der Waals surface area contributed by atoms with E-state index in [2.05, 4.69) is 5.32 Å². The summed E-state index contributed by atoms with van der Waals surface area (Å²) in [6.45, 7) is 2.02. The van der Waals surface area contributed by atoms with Gasteiger partial charge < -0.3 is 24.4 Å². The number of esters is 2. The second-order valence-corrected chi connectivity index (χ2v) is 8.98. The normalized spacial score (nSPS) is 21.7. The largest absolute Gasteiger partial charge is 0.493 e. The monoisotopic (exact) mass is 500 g/mol. The van der Waals surface area contributed by atoms with Crippen LogP contribution in [-0.4, -0.2) is 42.1 Å². The fourth-order valence-corrected chi connectivity index (χ4v) is 5.18. The van der Waals surface area contributed by atoms with Crippen molar-refractivity contribution in [3.63, 3.8) is 0 Å². The Bertz CT molecular complexity index is 1270. The first-order valence-corrected chi connectivity index (χ1v) is 12.3. The molecule has 8 heteroatoms. The van der Waals surface area contributed by atoms with Crippen molar-refractivity contribution in [2.24, 2.45) is 11.8 Å². The standard InChI is InChI=1S/C29H28N2O6/c1-2-35-27(32)24-22-18-36-23-16-10-9-15-21(23)25(22)31(29(34)30-20-13-7-4-8-14-20)26(24)28(33)37-17-19-11-5-3-6-12-19/h3-16,22,24-26H,2,17-18H2,1H3,(H,30,34)/t22-,24-,25+,26+/m0/s1. The van der Waals surface area contributed by atoms with Crippen LogP contribution in [0.3, 0.4) is 0 Å². The summed E-state index contributed by atoms with van der Waals surface area (Å²) < 4.78 is 17.1. The van der Waals surface area contributed by atoms with Gasteiger partial charge >= 0.3 is 18.0 Å². The first kappa shape index (κ1) is 24.4. The van der Waals surface area contributed by atoms with Gasteiger partial charge in [0, 0.05) is 17.2 Å². The molecule has 0 aliphatic carbocycles. The molecule has 2 aliphatic heterocycles. The van der Waals surface area contributed by atoms with Gasteiger partial charge in [-0.2, -0.15) is 0 Å². The number of nitrogens with one attached hydrogen (secondary N) is 1. The molecule has 0 bridgehead atoms. The quantitative estimate of drug-likeness (QED) is 0.498. The Morgan fingerprint density at radius 2 is 1.57 bits per heavy atom. The van der Waals surface area contributed by atoms with Crippen LogP contribution in [0.2, 0.25) is 0 Å². The number of amides is 2. The fraction of sp³-hybridized carbons (Fsp3) is 0.276. The van der Waals surface area contributed by atoms with Crippen LogP contribution in [0, 0.1) is 11.8 Å². The smallest absolute Gasteiger partial charge is 0.330 e. The van der Waals surface area contributed by atoms with Gasteiger partial charge in [-0.15, -0.1) is 0 Å². The number of carbonyl (C=O) groups is 3. The molecule has 1 saturated heterocycles. The van der Waals surface area contributed by atoms with E-state index in [0.29, 0.717) is 11.4 Å². The Labute approximate surface area is 215 Å². The van der Waals surface area contributed by atoms with E-state index in [-0.39, 0.29) is 19.8 Å². The van der Waals surface area contributed by atoms with Crippen LogP contribution < -0.4 is 10.1 Å². The maximum absolute atomic E-state index is 13.8. The number of anilines is 1. The molecular weight excluding hydrogens is 472 g/mol. The van der Waals surface area contributed by atoms with E-state index in [1.54, 1.807) is 31.2 Å². The number of hydrogen-bond acceptors (Lipinski definition) is 6. The topological polar surface area (TPSA) is 94.2 Å². The predicted molar refractivity (Wildman–Crippen MR) is 136 cm³/mol. The molecule has 2 aliphatic rings. The molecule has 2 amide bonds. The first-order valence-electron chi connectivity index (χ1n) is 12.3. The molecule has 0 aromatic heterocycles. The van der Waals surface area contributed by atoms with Crippen LogP contribution in [0.4, 0.5) is 10.5 Å². The molecule has 0 unspecified atom stereocenters. The van der Waals surface area contributed by atoms with Crippen LogP contribution >= 0.6 is 0 Å². The molecule has 190 valence electrons. The van der Waals surface area contributed by atoms with Crippen LogP contribution in [0.15, 0.2) is 84.9 Å². The lowest BCUT2D eigenvalue weighted by atomic mass is 9.83. The summed E-state index contributed by atoms with van der Waals surface area (Å²) in [6.07, 6.45) is 0. The number of rotatable bonds is 6. The molecule has 0 saturated carbocycles. The van der Waals surface area contributed by atoms with E-state index >= 15 is 0 Å². The molecule has 3 aromatic carbocycles. The van der Waals surface area contributed by atoms with Gasteiger partial charge in [-0.3, -0.25) is 4.79 Å².